The van der Waals surface area contributed by atoms with E-state index in [4.69, 9.17) is 10.2 Å². The molecule has 0 fully saturated rings. The number of thioether (sulfide) groups is 1. The molecule has 2 atom stereocenters. The maximum Gasteiger partial charge on any atom is 0.348 e. The Morgan fingerprint density at radius 3 is 1.88 bits per heavy atom. The highest BCUT2D eigenvalue weighted by atomic mass is 35.5. The molecule has 0 aromatic rings. The van der Waals surface area contributed by atoms with E-state index in [0.717, 1.165) is 5.75 Å². The normalized spacial score (nSPS) is 13.9. The Morgan fingerprint density at radius 2 is 1.59 bits per heavy atom. The molecule has 0 rings (SSSR count). The van der Waals surface area contributed by atoms with Crippen molar-refractivity contribution in [3.63, 3.8) is 0 Å². The van der Waals surface area contributed by atoms with Gasteiger partial charge in [-0.2, -0.15) is 11.8 Å². The smallest absolute Gasteiger partial charge is 0.348 e. The van der Waals surface area contributed by atoms with E-state index in [1.165, 1.54) is 11.8 Å². The van der Waals surface area contributed by atoms with Crippen LogP contribution in [0.15, 0.2) is 0 Å². The van der Waals surface area contributed by atoms with Gasteiger partial charge in [-0.25, -0.2) is 14.5 Å². The second kappa shape index (κ2) is 9.49. The highest BCUT2D eigenvalue weighted by Crippen LogP contribution is 2.07. The minimum absolute atomic E-state index is 0. The van der Waals surface area contributed by atoms with Gasteiger partial charge in [-0.05, 0) is 5.75 Å². The van der Waals surface area contributed by atoms with Gasteiger partial charge >= 0.3 is 11.9 Å². The van der Waals surface area contributed by atoms with Crippen LogP contribution in [0.1, 0.15) is 6.92 Å². The summed E-state index contributed by atoms with van der Waals surface area (Å²) in [6.07, 6.45) is -4.05. The lowest BCUT2D eigenvalue weighted by Gasteiger charge is -2.27. The number of nitrogens with zero attached hydrogens (tertiary/aromatic N) is 1. The maximum atomic E-state index is 10.5. The largest absolute Gasteiger partial charge is 0.478 e. The van der Waals surface area contributed by atoms with Gasteiger partial charge in [-0.1, -0.05) is 6.92 Å². The molecule has 0 heterocycles. The first-order valence-electron chi connectivity index (χ1n) is 4.57. The third kappa shape index (κ3) is 6.69. The maximum absolute atomic E-state index is 10.5. The van der Waals surface area contributed by atoms with Crippen LogP contribution in [-0.4, -0.2) is 67.8 Å². The number of aliphatic hydroxyl groups is 2. The molecule has 9 heteroatoms. The summed E-state index contributed by atoms with van der Waals surface area (Å²) in [5, 5.41) is 35.5. The second-order valence-electron chi connectivity index (χ2n) is 2.86. The number of halogens is 1. The molecule has 0 aliphatic heterocycles. The summed E-state index contributed by atoms with van der Waals surface area (Å²) in [5.74, 6) is -1.99. The van der Waals surface area contributed by atoms with Crippen molar-refractivity contribution in [1.29, 1.82) is 0 Å². The van der Waals surface area contributed by atoms with E-state index in [2.05, 4.69) is 0 Å². The Hall–Kier alpha value is -0.540. The molecule has 0 spiro atoms. The minimum Gasteiger partial charge on any atom is -0.478 e. The van der Waals surface area contributed by atoms with Crippen molar-refractivity contribution in [2.75, 3.05) is 18.1 Å². The van der Waals surface area contributed by atoms with Gasteiger partial charge in [0, 0.05) is 12.3 Å². The summed E-state index contributed by atoms with van der Waals surface area (Å²) in [6.45, 7) is 1.86. The van der Waals surface area contributed by atoms with Gasteiger partial charge in [0.15, 0.2) is 0 Å². The first kappa shape index (κ1) is 18.8. The van der Waals surface area contributed by atoms with Crippen LogP contribution in [0.2, 0.25) is 0 Å². The molecule has 0 aliphatic rings. The van der Waals surface area contributed by atoms with Gasteiger partial charge in [-0.15, -0.1) is 12.4 Å². The molecule has 0 aliphatic carbocycles. The zero-order valence-electron chi connectivity index (χ0n) is 9.15. The fraction of sp³-hybridized carbons (Fsp3) is 0.750. The highest BCUT2D eigenvalue weighted by molar-refractivity contribution is 7.99. The lowest BCUT2D eigenvalue weighted by Crippen LogP contribution is -2.51. The van der Waals surface area contributed by atoms with E-state index < -0.39 is 24.4 Å². The van der Waals surface area contributed by atoms with E-state index in [-0.39, 0.29) is 19.0 Å². The van der Waals surface area contributed by atoms with Gasteiger partial charge in [0.25, 0.3) is 0 Å². The first-order valence-corrected chi connectivity index (χ1v) is 5.72. The van der Waals surface area contributed by atoms with Crippen LogP contribution >= 0.6 is 24.2 Å². The zero-order chi connectivity index (χ0) is 12.7. The van der Waals surface area contributed by atoms with Crippen molar-refractivity contribution in [3.05, 3.63) is 0 Å². The average Bonchev–Trinajstić information content (AvgIpc) is 2.22. The van der Waals surface area contributed by atoms with Crippen LogP contribution < -0.4 is 0 Å². The van der Waals surface area contributed by atoms with Crippen LogP contribution in [0, 0.1) is 0 Å². The molecule has 17 heavy (non-hydrogen) atoms. The van der Waals surface area contributed by atoms with Gasteiger partial charge in [0.05, 0.1) is 0 Å². The molecular weight excluding hydrogens is 274 g/mol. The Balaban J connectivity index is 0. The number of carbonyl (C=O) groups is 2. The summed E-state index contributed by atoms with van der Waals surface area (Å²) >= 11 is 1.44. The first-order chi connectivity index (χ1) is 7.41. The summed E-state index contributed by atoms with van der Waals surface area (Å²) in [7, 11) is 0. The fourth-order valence-electron chi connectivity index (χ4n) is 0.976. The fourth-order valence-corrected chi connectivity index (χ4v) is 1.60. The van der Waals surface area contributed by atoms with Gasteiger partial charge in [0.1, 0.15) is 0 Å². The molecule has 2 unspecified atom stereocenters. The van der Waals surface area contributed by atoms with Crippen molar-refractivity contribution in [3.8, 4) is 0 Å². The summed E-state index contributed by atoms with van der Waals surface area (Å²) < 4.78 is 0. The van der Waals surface area contributed by atoms with Gasteiger partial charge in [0.2, 0.25) is 12.5 Å². The van der Waals surface area contributed by atoms with Crippen LogP contribution in [0.5, 0.6) is 0 Å². The van der Waals surface area contributed by atoms with E-state index in [0.29, 0.717) is 10.7 Å². The number of carboxylic acid groups (broad SMARTS) is 2. The number of hydrogen-bond acceptors (Lipinski definition) is 6. The quantitative estimate of drug-likeness (QED) is 0.341. The predicted octanol–water partition coefficient (Wildman–Crippen LogP) is -0.731. The SMILES string of the molecule is CCSCCN(C(O)C(=O)O)C(O)C(=O)O.Cl. The number of hydrogen-bond donors (Lipinski definition) is 4. The molecule has 0 saturated carbocycles. The Morgan fingerprint density at radius 1 is 1.18 bits per heavy atom. The molecule has 4 N–H and O–H groups in total. The molecule has 0 radical (unpaired) electrons. The molecule has 7 nitrogen and oxygen atoms in total. The predicted molar refractivity (Wildman–Crippen MR) is 64.2 cm³/mol. The number of carboxylic acids is 2. The molecule has 0 bridgehead atoms. The lowest BCUT2D eigenvalue weighted by molar-refractivity contribution is -0.181. The Labute approximate surface area is 109 Å². The number of rotatable bonds is 8. The van der Waals surface area contributed by atoms with Crippen LogP contribution in [0.3, 0.4) is 0 Å². The van der Waals surface area contributed by atoms with Crippen LogP contribution in [0.4, 0.5) is 0 Å². The average molecular weight is 290 g/mol. The molecule has 0 saturated heterocycles. The van der Waals surface area contributed by atoms with E-state index in [1.54, 1.807) is 0 Å². The monoisotopic (exact) mass is 289 g/mol. The van der Waals surface area contributed by atoms with Crippen LogP contribution in [0.25, 0.3) is 0 Å². The molecule has 0 aromatic heterocycles. The second-order valence-corrected chi connectivity index (χ2v) is 4.25. The number of aliphatic hydroxyl groups excluding tert-OH is 2. The molecule has 102 valence electrons. The van der Waals surface area contributed by atoms with Crippen molar-refractivity contribution in [2.45, 2.75) is 19.4 Å². The molecular formula is C8H16ClNO6S. The van der Waals surface area contributed by atoms with E-state index in [1.807, 2.05) is 6.92 Å². The van der Waals surface area contributed by atoms with Gasteiger partial charge < -0.3 is 20.4 Å². The summed E-state index contributed by atoms with van der Waals surface area (Å²) in [5.41, 5.74) is 0. The number of aliphatic carboxylic acids is 2. The minimum atomic E-state index is -2.02. The van der Waals surface area contributed by atoms with Gasteiger partial charge in [-0.3, -0.25) is 0 Å². The topological polar surface area (TPSA) is 118 Å². The third-order valence-corrected chi connectivity index (χ3v) is 2.65. The zero-order valence-corrected chi connectivity index (χ0v) is 10.8. The summed E-state index contributed by atoms with van der Waals surface area (Å²) in [6, 6.07) is 0. The van der Waals surface area contributed by atoms with E-state index in [9.17, 15) is 19.8 Å². The molecule has 0 amide bonds. The highest BCUT2D eigenvalue weighted by Gasteiger charge is 2.32. The summed E-state index contributed by atoms with van der Waals surface area (Å²) in [4.78, 5) is 21.6. The van der Waals surface area contributed by atoms with Crippen molar-refractivity contribution >= 4 is 36.1 Å². The lowest BCUT2D eigenvalue weighted by atomic mass is 10.4. The standard InChI is InChI=1S/C8H15NO6S.ClH/c1-2-16-4-3-9(5(10)7(12)13)6(11)8(14)15;/h5-6,10-11H,2-4H2,1H3,(H,12,13)(H,14,15);1H. The van der Waals surface area contributed by atoms with E-state index >= 15 is 0 Å². The van der Waals surface area contributed by atoms with Crippen molar-refractivity contribution in [1.82, 2.24) is 4.90 Å². The van der Waals surface area contributed by atoms with Crippen LogP contribution in [-0.2, 0) is 9.59 Å². The Kier molecular flexibility index (Phi) is 10.5. The van der Waals surface area contributed by atoms with Crippen molar-refractivity contribution < 1.29 is 30.0 Å². The third-order valence-electron chi connectivity index (χ3n) is 1.77. The molecule has 0 aromatic carbocycles. The Bertz CT molecular complexity index is 234. The van der Waals surface area contributed by atoms with Crippen molar-refractivity contribution in [2.24, 2.45) is 0 Å².